The molecule has 6 rings (SSSR count). The average Bonchev–Trinajstić information content (AvgIpc) is 3.47. The molecule has 0 N–H and O–H groups in total. The SMILES string of the molecule is COCOc1cc2c(c3c1C[C@@]1(O3)[C@H](C)CC[C@H]3C(C)(C)[C@@H]4OC(C)(C)O[C@@H]4C[C@@]31C)C(OC)OC2=O. The monoisotopic (exact) mass is 516 g/mol. The third kappa shape index (κ3) is 3.31. The molecule has 204 valence electrons. The Kier molecular flexibility index (Phi) is 5.54. The zero-order valence-corrected chi connectivity index (χ0v) is 23.3. The topological polar surface area (TPSA) is 81.7 Å². The number of fused-ring (bicyclic) bond motifs is 6. The first-order valence-corrected chi connectivity index (χ1v) is 13.5. The van der Waals surface area contributed by atoms with Crippen LogP contribution < -0.4 is 9.47 Å². The number of benzene rings is 1. The van der Waals surface area contributed by atoms with E-state index in [2.05, 4.69) is 27.7 Å². The van der Waals surface area contributed by atoms with Crippen LogP contribution in [0.4, 0.5) is 0 Å². The number of cyclic esters (lactones) is 1. The Morgan fingerprint density at radius 3 is 2.54 bits per heavy atom. The molecular formula is C29H40O8. The van der Waals surface area contributed by atoms with E-state index in [1.165, 1.54) is 0 Å². The second-order valence-corrected chi connectivity index (χ2v) is 12.9. The van der Waals surface area contributed by atoms with Crippen molar-refractivity contribution in [2.24, 2.45) is 22.7 Å². The molecule has 8 heteroatoms. The van der Waals surface area contributed by atoms with E-state index in [4.69, 9.17) is 33.2 Å². The number of hydrogen-bond acceptors (Lipinski definition) is 8. The van der Waals surface area contributed by atoms with Gasteiger partial charge < -0.3 is 33.2 Å². The minimum atomic E-state index is -0.801. The molecule has 1 aromatic rings. The fraction of sp³-hybridized carbons (Fsp3) is 0.759. The van der Waals surface area contributed by atoms with Gasteiger partial charge in [0, 0.05) is 31.6 Å². The number of carbonyl (C=O) groups is 1. The second-order valence-electron chi connectivity index (χ2n) is 12.9. The van der Waals surface area contributed by atoms with Crippen LogP contribution in [-0.4, -0.2) is 50.6 Å². The van der Waals surface area contributed by atoms with E-state index in [0.29, 0.717) is 35.0 Å². The summed E-state index contributed by atoms with van der Waals surface area (Å²) in [7, 11) is 3.13. The zero-order valence-electron chi connectivity index (χ0n) is 23.3. The number of carbonyl (C=O) groups excluding carboxylic acids is 1. The highest BCUT2D eigenvalue weighted by atomic mass is 16.8. The summed E-state index contributed by atoms with van der Waals surface area (Å²) in [5.41, 5.74) is 1.21. The maximum Gasteiger partial charge on any atom is 0.341 e. The van der Waals surface area contributed by atoms with Crippen LogP contribution in [0.1, 0.15) is 88.6 Å². The quantitative estimate of drug-likeness (QED) is 0.401. The summed E-state index contributed by atoms with van der Waals surface area (Å²) in [5, 5.41) is 0. The van der Waals surface area contributed by atoms with Crippen molar-refractivity contribution < 1.29 is 38.0 Å². The fourth-order valence-electron chi connectivity index (χ4n) is 8.66. The molecule has 1 unspecified atom stereocenters. The molecule has 5 aliphatic rings. The van der Waals surface area contributed by atoms with Crippen LogP contribution in [-0.2, 0) is 30.1 Å². The molecule has 0 radical (unpaired) electrons. The lowest BCUT2D eigenvalue weighted by molar-refractivity contribution is -0.220. The Balaban J connectivity index is 1.49. The van der Waals surface area contributed by atoms with Crippen molar-refractivity contribution in [1.82, 2.24) is 0 Å². The Hall–Kier alpha value is -1.87. The molecule has 1 saturated heterocycles. The van der Waals surface area contributed by atoms with Gasteiger partial charge in [-0.3, -0.25) is 0 Å². The highest BCUT2D eigenvalue weighted by Gasteiger charge is 2.71. The van der Waals surface area contributed by atoms with Crippen molar-refractivity contribution in [2.75, 3.05) is 21.0 Å². The first-order valence-electron chi connectivity index (χ1n) is 13.5. The van der Waals surface area contributed by atoms with Gasteiger partial charge in [0.2, 0.25) is 6.29 Å². The fourth-order valence-corrected chi connectivity index (χ4v) is 8.66. The molecule has 2 saturated carbocycles. The summed E-state index contributed by atoms with van der Waals surface area (Å²) >= 11 is 0. The highest BCUT2D eigenvalue weighted by molar-refractivity contribution is 5.96. The third-order valence-electron chi connectivity index (χ3n) is 10.2. The van der Waals surface area contributed by atoms with Crippen LogP contribution in [0, 0.1) is 22.7 Å². The Bertz CT molecular complexity index is 1130. The summed E-state index contributed by atoms with van der Waals surface area (Å²) in [6.07, 6.45) is 2.87. The lowest BCUT2D eigenvalue weighted by Crippen LogP contribution is -2.69. The molecule has 8 nitrogen and oxygen atoms in total. The number of ether oxygens (including phenoxy) is 7. The van der Waals surface area contributed by atoms with Gasteiger partial charge in [0.1, 0.15) is 17.1 Å². The molecule has 0 bridgehead atoms. The van der Waals surface area contributed by atoms with Gasteiger partial charge in [-0.25, -0.2) is 4.79 Å². The largest absolute Gasteiger partial charge is 0.485 e. The van der Waals surface area contributed by atoms with E-state index < -0.39 is 23.6 Å². The van der Waals surface area contributed by atoms with Gasteiger partial charge in [-0.2, -0.15) is 0 Å². The molecule has 3 aliphatic heterocycles. The van der Waals surface area contributed by atoms with Crippen molar-refractivity contribution >= 4 is 5.97 Å². The molecule has 7 atom stereocenters. The Labute approximate surface area is 219 Å². The molecule has 0 aromatic heterocycles. The van der Waals surface area contributed by atoms with E-state index in [-0.39, 0.29) is 35.7 Å². The van der Waals surface area contributed by atoms with E-state index in [9.17, 15) is 4.79 Å². The van der Waals surface area contributed by atoms with Crippen molar-refractivity contribution in [1.29, 1.82) is 0 Å². The van der Waals surface area contributed by atoms with Crippen LogP contribution in [0.25, 0.3) is 0 Å². The summed E-state index contributed by atoms with van der Waals surface area (Å²) in [4.78, 5) is 12.8. The number of methoxy groups -OCH3 is 2. The predicted octanol–water partition coefficient (Wildman–Crippen LogP) is 5.16. The van der Waals surface area contributed by atoms with E-state index in [1.807, 2.05) is 13.8 Å². The van der Waals surface area contributed by atoms with Crippen LogP contribution in [0.2, 0.25) is 0 Å². The summed E-state index contributed by atoms with van der Waals surface area (Å²) in [5.74, 6) is 0.857. The average molecular weight is 517 g/mol. The third-order valence-corrected chi connectivity index (χ3v) is 10.2. The standard InChI is InChI=1S/C29H40O8/c1-15-9-10-20-26(2,3)23-19(35-27(4,5)37-23)13-28(20,6)29(15)12-17-18(33-14-31-7)11-16-21(22(17)36-29)25(32-8)34-24(16)30/h11,15,19-20,23,25H,9-10,12-14H2,1-8H3/t15-,19-,20+,23-,25?,28+,29-/m1/s1. The van der Waals surface area contributed by atoms with Crippen LogP contribution >= 0.6 is 0 Å². The molecule has 3 heterocycles. The molecule has 0 amide bonds. The highest BCUT2D eigenvalue weighted by Crippen LogP contribution is 2.69. The Morgan fingerprint density at radius 1 is 1.08 bits per heavy atom. The molecule has 1 aromatic carbocycles. The number of rotatable bonds is 4. The summed E-state index contributed by atoms with van der Waals surface area (Å²) < 4.78 is 42.6. The van der Waals surface area contributed by atoms with Gasteiger partial charge >= 0.3 is 5.97 Å². The van der Waals surface area contributed by atoms with E-state index in [1.54, 1.807) is 20.3 Å². The molecule has 3 fully saturated rings. The Morgan fingerprint density at radius 2 is 1.84 bits per heavy atom. The molecule has 1 spiro atoms. The first-order chi connectivity index (χ1) is 17.4. The number of hydrogen-bond donors (Lipinski definition) is 0. The minimum absolute atomic E-state index is 0.0210. The maximum atomic E-state index is 12.8. The van der Waals surface area contributed by atoms with Gasteiger partial charge in [-0.1, -0.05) is 27.7 Å². The summed E-state index contributed by atoms with van der Waals surface area (Å²) in [6.45, 7) is 13.5. The van der Waals surface area contributed by atoms with E-state index >= 15 is 0 Å². The molecule has 2 aliphatic carbocycles. The summed E-state index contributed by atoms with van der Waals surface area (Å²) in [6, 6.07) is 1.77. The van der Waals surface area contributed by atoms with Crippen molar-refractivity contribution in [3.05, 3.63) is 22.8 Å². The maximum absolute atomic E-state index is 12.8. The lowest BCUT2D eigenvalue weighted by atomic mass is 9.43. The smallest absolute Gasteiger partial charge is 0.341 e. The normalized spacial score (nSPS) is 40.4. The number of esters is 1. The van der Waals surface area contributed by atoms with Crippen molar-refractivity contribution in [3.63, 3.8) is 0 Å². The van der Waals surface area contributed by atoms with E-state index in [0.717, 1.165) is 24.8 Å². The van der Waals surface area contributed by atoms with Crippen molar-refractivity contribution in [3.8, 4) is 11.5 Å². The minimum Gasteiger partial charge on any atom is -0.485 e. The second kappa shape index (κ2) is 8.07. The van der Waals surface area contributed by atoms with Crippen molar-refractivity contribution in [2.45, 2.75) is 97.1 Å². The zero-order chi connectivity index (χ0) is 26.5. The lowest BCUT2D eigenvalue weighted by Gasteiger charge is -2.64. The van der Waals surface area contributed by atoms with Crippen LogP contribution in [0.5, 0.6) is 11.5 Å². The predicted molar refractivity (Wildman–Crippen MR) is 133 cm³/mol. The van der Waals surface area contributed by atoms with Crippen LogP contribution in [0.3, 0.4) is 0 Å². The molecule has 37 heavy (non-hydrogen) atoms. The van der Waals surface area contributed by atoms with Gasteiger partial charge in [0.05, 0.1) is 23.3 Å². The van der Waals surface area contributed by atoms with Gasteiger partial charge in [-0.05, 0) is 56.4 Å². The van der Waals surface area contributed by atoms with Gasteiger partial charge in [-0.15, -0.1) is 0 Å². The van der Waals surface area contributed by atoms with Gasteiger partial charge in [0.25, 0.3) is 0 Å². The van der Waals surface area contributed by atoms with Gasteiger partial charge in [0.15, 0.2) is 12.6 Å². The first kappa shape index (κ1) is 25.4. The van der Waals surface area contributed by atoms with Crippen LogP contribution in [0.15, 0.2) is 6.07 Å². The molecular weight excluding hydrogens is 476 g/mol.